The molecule has 0 aliphatic carbocycles. The standard InChI is InChI=1S/C16H18Br2O3/c1-4-19-14-8-12(13(17)9-15(14)20-5-2)16(18)11-6-7-21-10(11)3/h6-9,16H,4-5H2,1-3H3. The normalized spacial score (nSPS) is 12.2. The van der Waals surface area contributed by atoms with Crippen molar-refractivity contribution in [1.29, 1.82) is 0 Å². The Labute approximate surface area is 141 Å². The minimum atomic E-state index is 0.0282. The van der Waals surface area contributed by atoms with E-state index < -0.39 is 0 Å². The highest BCUT2D eigenvalue weighted by Gasteiger charge is 2.20. The number of hydrogen-bond acceptors (Lipinski definition) is 3. The Morgan fingerprint density at radius 1 is 1.10 bits per heavy atom. The van der Waals surface area contributed by atoms with Crippen LogP contribution >= 0.6 is 31.9 Å². The van der Waals surface area contributed by atoms with Gasteiger partial charge in [0.2, 0.25) is 0 Å². The predicted molar refractivity (Wildman–Crippen MR) is 90.7 cm³/mol. The third-order valence-corrected chi connectivity index (χ3v) is 4.78. The Hall–Kier alpha value is -0.940. The van der Waals surface area contributed by atoms with Gasteiger partial charge in [-0.05, 0) is 44.5 Å². The van der Waals surface area contributed by atoms with Crippen molar-refractivity contribution in [2.75, 3.05) is 13.2 Å². The minimum Gasteiger partial charge on any atom is -0.490 e. The van der Waals surface area contributed by atoms with E-state index in [0.29, 0.717) is 13.2 Å². The zero-order valence-corrected chi connectivity index (χ0v) is 15.5. The summed E-state index contributed by atoms with van der Waals surface area (Å²) in [5.41, 5.74) is 2.17. The van der Waals surface area contributed by atoms with Gasteiger partial charge < -0.3 is 13.9 Å². The molecule has 1 unspecified atom stereocenters. The number of benzene rings is 1. The molecule has 0 bridgehead atoms. The zero-order valence-electron chi connectivity index (χ0n) is 12.3. The minimum absolute atomic E-state index is 0.0282. The molecular weight excluding hydrogens is 400 g/mol. The molecule has 0 spiro atoms. The molecule has 0 fully saturated rings. The fourth-order valence-corrected chi connectivity index (χ4v) is 3.82. The topological polar surface area (TPSA) is 31.6 Å². The first-order chi connectivity index (χ1) is 10.1. The van der Waals surface area contributed by atoms with Gasteiger partial charge >= 0.3 is 0 Å². The molecule has 1 atom stereocenters. The first-order valence-electron chi connectivity index (χ1n) is 6.85. The summed E-state index contributed by atoms with van der Waals surface area (Å²) < 4.78 is 17.7. The number of ether oxygens (including phenoxy) is 2. The van der Waals surface area contributed by atoms with Crippen LogP contribution in [0.2, 0.25) is 0 Å². The van der Waals surface area contributed by atoms with Crippen LogP contribution in [-0.4, -0.2) is 13.2 Å². The van der Waals surface area contributed by atoms with Crippen LogP contribution in [0.25, 0.3) is 0 Å². The van der Waals surface area contributed by atoms with Crippen molar-refractivity contribution in [3.05, 3.63) is 45.8 Å². The number of furan rings is 1. The molecule has 0 saturated heterocycles. The lowest BCUT2D eigenvalue weighted by Crippen LogP contribution is -2.01. The van der Waals surface area contributed by atoms with Gasteiger partial charge in [0.1, 0.15) is 5.76 Å². The second kappa shape index (κ2) is 7.36. The molecule has 0 N–H and O–H groups in total. The van der Waals surface area contributed by atoms with Gasteiger partial charge in [0.15, 0.2) is 11.5 Å². The van der Waals surface area contributed by atoms with E-state index in [1.807, 2.05) is 39.0 Å². The second-order valence-corrected chi connectivity index (χ2v) is 6.25. The van der Waals surface area contributed by atoms with Crippen LogP contribution in [0.3, 0.4) is 0 Å². The van der Waals surface area contributed by atoms with Crippen molar-refractivity contribution in [2.24, 2.45) is 0 Å². The lowest BCUT2D eigenvalue weighted by atomic mass is 10.0. The van der Waals surface area contributed by atoms with E-state index in [-0.39, 0.29) is 4.83 Å². The third-order valence-electron chi connectivity index (χ3n) is 3.11. The van der Waals surface area contributed by atoms with Crippen LogP contribution in [0.15, 0.2) is 33.4 Å². The van der Waals surface area contributed by atoms with Gasteiger partial charge in [-0.3, -0.25) is 0 Å². The first-order valence-corrected chi connectivity index (χ1v) is 8.56. The van der Waals surface area contributed by atoms with E-state index in [9.17, 15) is 0 Å². The molecule has 114 valence electrons. The summed E-state index contributed by atoms with van der Waals surface area (Å²) in [5.74, 6) is 2.40. The van der Waals surface area contributed by atoms with Gasteiger partial charge in [0, 0.05) is 10.0 Å². The molecule has 5 heteroatoms. The van der Waals surface area contributed by atoms with Crippen molar-refractivity contribution in [2.45, 2.75) is 25.6 Å². The Morgan fingerprint density at radius 2 is 1.71 bits per heavy atom. The van der Waals surface area contributed by atoms with E-state index in [1.54, 1.807) is 6.26 Å². The molecule has 2 rings (SSSR count). The Balaban J connectivity index is 2.44. The third kappa shape index (κ3) is 3.64. The summed E-state index contributed by atoms with van der Waals surface area (Å²) in [6, 6.07) is 5.93. The van der Waals surface area contributed by atoms with Gasteiger partial charge in [-0.25, -0.2) is 0 Å². The monoisotopic (exact) mass is 416 g/mol. The largest absolute Gasteiger partial charge is 0.490 e. The zero-order chi connectivity index (χ0) is 15.4. The van der Waals surface area contributed by atoms with E-state index in [2.05, 4.69) is 31.9 Å². The first kappa shape index (κ1) is 16.4. The van der Waals surface area contributed by atoms with Crippen LogP contribution in [0, 0.1) is 6.92 Å². The van der Waals surface area contributed by atoms with Gasteiger partial charge in [-0.15, -0.1) is 0 Å². The maximum Gasteiger partial charge on any atom is 0.162 e. The Kier molecular flexibility index (Phi) is 5.76. The summed E-state index contributed by atoms with van der Waals surface area (Å²) in [6.45, 7) is 7.07. The fraction of sp³-hybridized carbons (Fsp3) is 0.375. The van der Waals surface area contributed by atoms with Crippen molar-refractivity contribution in [1.82, 2.24) is 0 Å². The van der Waals surface area contributed by atoms with Gasteiger partial charge in [0.05, 0.1) is 24.3 Å². The van der Waals surface area contributed by atoms with Crippen LogP contribution in [0.4, 0.5) is 0 Å². The Bertz CT molecular complexity index is 608. The van der Waals surface area contributed by atoms with Gasteiger partial charge in [0.25, 0.3) is 0 Å². The summed E-state index contributed by atoms with van der Waals surface area (Å²) >= 11 is 7.35. The molecule has 1 aromatic heterocycles. The molecule has 0 aliphatic rings. The van der Waals surface area contributed by atoms with E-state index >= 15 is 0 Å². The lowest BCUT2D eigenvalue weighted by molar-refractivity contribution is 0.287. The molecule has 0 aliphatic heterocycles. The number of hydrogen-bond donors (Lipinski definition) is 0. The van der Waals surface area contributed by atoms with E-state index in [4.69, 9.17) is 13.9 Å². The highest BCUT2D eigenvalue weighted by atomic mass is 79.9. The summed E-state index contributed by atoms with van der Waals surface area (Å²) in [6.07, 6.45) is 1.70. The molecular formula is C16H18Br2O3. The van der Waals surface area contributed by atoms with Crippen molar-refractivity contribution in [3.63, 3.8) is 0 Å². The van der Waals surface area contributed by atoms with E-state index in [0.717, 1.165) is 32.9 Å². The fourth-order valence-electron chi connectivity index (χ4n) is 2.11. The predicted octanol–water partition coefficient (Wildman–Crippen LogP) is 5.63. The number of halogens is 2. The van der Waals surface area contributed by atoms with Gasteiger partial charge in [-0.2, -0.15) is 0 Å². The summed E-state index contributed by atoms with van der Waals surface area (Å²) in [4.78, 5) is 0.0282. The average molecular weight is 418 g/mol. The molecule has 21 heavy (non-hydrogen) atoms. The van der Waals surface area contributed by atoms with Crippen LogP contribution in [-0.2, 0) is 0 Å². The maximum absolute atomic E-state index is 5.69. The quantitative estimate of drug-likeness (QED) is 0.570. The Morgan fingerprint density at radius 3 is 2.24 bits per heavy atom. The second-order valence-electron chi connectivity index (χ2n) is 4.48. The molecule has 0 saturated carbocycles. The van der Waals surface area contributed by atoms with Crippen molar-refractivity contribution >= 4 is 31.9 Å². The molecule has 0 amide bonds. The van der Waals surface area contributed by atoms with Crippen LogP contribution in [0.5, 0.6) is 11.5 Å². The van der Waals surface area contributed by atoms with Crippen LogP contribution in [0.1, 0.15) is 35.6 Å². The maximum atomic E-state index is 5.69. The number of alkyl halides is 1. The average Bonchev–Trinajstić information content (AvgIpc) is 2.87. The van der Waals surface area contributed by atoms with Gasteiger partial charge in [-0.1, -0.05) is 31.9 Å². The SMILES string of the molecule is CCOc1cc(Br)c(C(Br)c2ccoc2C)cc1OCC. The van der Waals surface area contributed by atoms with E-state index in [1.165, 1.54) is 0 Å². The molecule has 2 aromatic rings. The smallest absolute Gasteiger partial charge is 0.162 e. The highest BCUT2D eigenvalue weighted by molar-refractivity contribution is 9.11. The lowest BCUT2D eigenvalue weighted by Gasteiger charge is -2.17. The summed E-state index contributed by atoms with van der Waals surface area (Å²) in [7, 11) is 0. The summed E-state index contributed by atoms with van der Waals surface area (Å²) in [5, 5.41) is 0. The molecule has 0 radical (unpaired) electrons. The molecule has 3 nitrogen and oxygen atoms in total. The van der Waals surface area contributed by atoms with Crippen LogP contribution < -0.4 is 9.47 Å². The number of rotatable bonds is 6. The number of aryl methyl sites for hydroxylation is 1. The highest BCUT2D eigenvalue weighted by Crippen LogP contribution is 2.42. The van der Waals surface area contributed by atoms with Crippen molar-refractivity contribution < 1.29 is 13.9 Å². The van der Waals surface area contributed by atoms with Crippen molar-refractivity contribution in [3.8, 4) is 11.5 Å². The molecule has 1 aromatic carbocycles. The molecule has 1 heterocycles.